The van der Waals surface area contributed by atoms with Gasteiger partial charge in [0.15, 0.2) is 0 Å². The van der Waals surface area contributed by atoms with Gasteiger partial charge in [0.05, 0.1) is 25.7 Å². The Kier molecular flexibility index (Phi) is 4.80. The van der Waals surface area contributed by atoms with Gasteiger partial charge in [-0.3, -0.25) is 9.59 Å². The first-order valence-corrected chi connectivity index (χ1v) is 6.87. The summed E-state index contributed by atoms with van der Waals surface area (Å²) in [6.45, 7) is 1.14. The predicted octanol–water partition coefficient (Wildman–Crippen LogP) is 1.07. The maximum atomic E-state index is 12.5. The highest BCUT2D eigenvalue weighted by Crippen LogP contribution is 2.18. The molecule has 0 unspecified atom stereocenters. The monoisotopic (exact) mass is 292 g/mol. The number of morpholine rings is 1. The number of rotatable bonds is 4. The smallest absolute Gasteiger partial charge is 0.305 e. The van der Waals surface area contributed by atoms with E-state index in [0.717, 1.165) is 5.69 Å². The summed E-state index contributed by atoms with van der Waals surface area (Å²) in [7, 11) is 3.86. The molecule has 1 aliphatic heterocycles. The number of carbonyl (C=O) groups is 2. The van der Waals surface area contributed by atoms with Crippen molar-refractivity contribution in [2.45, 2.75) is 12.5 Å². The number of anilines is 1. The van der Waals surface area contributed by atoms with Gasteiger partial charge in [-0.2, -0.15) is 0 Å². The Morgan fingerprint density at radius 3 is 2.57 bits per heavy atom. The number of ether oxygens (including phenoxy) is 1. The molecule has 6 nitrogen and oxygen atoms in total. The van der Waals surface area contributed by atoms with E-state index >= 15 is 0 Å². The highest BCUT2D eigenvalue weighted by Gasteiger charge is 2.29. The van der Waals surface area contributed by atoms with E-state index in [1.54, 1.807) is 17.0 Å². The third kappa shape index (κ3) is 3.72. The Hall–Kier alpha value is -2.08. The Morgan fingerprint density at radius 1 is 1.33 bits per heavy atom. The molecule has 1 aromatic carbocycles. The fraction of sp³-hybridized carbons (Fsp3) is 0.467. The minimum Gasteiger partial charge on any atom is -0.481 e. The molecule has 1 aromatic rings. The van der Waals surface area contributed by atoms with Crippen molar-refractivity contribution >= 4 is 17.6 Å². The maximum Gasteiger partial charge on any atom is 0.305 e. The lowest BCUT2D eigenvalue weighted by molar-refractivity contribution is -0.139. The molecule has 21 heavy (non-hydrogen) atoms. The summed E-state index contributed by atoms with van der Waals surface area (Å²) in [5.41, 5.74) is 1.58. The largest absolute Gasteiger partial charge is 0.481 e. The average molecular weight is 292 g/mol. The van der Waals surface area contributed by atoms with Gasteiger partial charge in [0.1, 0.15) is 0 Å². The third-order valence-corrected chi connectivity index (χ3v) is 3.53. The van der Waals surface area contributed by atoms with Crippen molar-refractivity contribution in [3.8, 4) is 0 Å². The van der Waals surface area contributed by atoms with Crippen molar-refractivity contribution < 1.29 is 19.4 Å². The topological polar surface area (TPSA) is 70.1 Å². The van der Waals surface area contributed by atoms with Crippen molar-refractivity contribution in [2.24, 2.45) is 0 Å². The van der Waals surface area contributed by atoms with Crippen LogP contribution in [-0.4, -0.2) is 61.8 Å². The van der Waals surface area contributed by atoms with E-state index in [1.807, 2.05) is 31.1 Å². The van der Waals surface area contributed by atoms with E-state index in [4.69, 9.17) is 9.84 Å². The van der Waals surface area contributed by atoms with Crippen LogP contribution in [0.1, 0.15) is 16.8 Å². The number of benzene rings is 1. The van der Waals surface area contributed by atoms with Crippen LogP contribution in [0, 0.1) is 0 Å². The number of carboxylic acids is 1. The van der Waals surface area contributed by atoms with Gasteiger partial charge in [0, 0.05) is 31.9 Å². The standard InChI is InChI=1S/C15H20N2O4/c1-16(2)12-5-3-11(4-6-12)15(20)17-7-8-21-10-13(17)9-14(18)19/h3-6,13H,7-10H2,1-2H3,(H,18,19)/t13-/m1/s1. The molecule has 114 valence electrons. The number of carbonyl (C=O) groups excluding carboxylic acids is 1. The van der Waals surface area contributed by atoms with E-state index in [-0.39, 0.29) is 18.9 Å². The maximum absolute atomic E-state index is 12.5. The van der Waals surface area contributed by atoms with Crippen molar-refractivity contribution in [3.05, 3.63) is 29.8 Å². The first-order chi connectivity index (χ1) is 9.99. The molecule has 2 rings (SSSR count). The summed E-state index contributed by atoms with van der Waals surface area (Å²) in [6.07, 6.45) is -0.0957. The van der Waals surface area contributed by atoms with Gasteiger partial charge in [-0.25, -0.2) is 0 Å². The summed E-state index contributed by atoms with van der Waals surface area (Å²) < 4.78 is 5.29. The highest BCUT2D eigenvalue weighted by atomic mass is 16.5. The molecule has 0 radical (unpaired) electrons. The van der Waals surface area contributed by atoms with Crippen LogP contribution in [0.2, 0.25) is 0 Å². The molecular formula is C15H20N2O4. The molecule has 0 saturated carbocycles. The summed E-state index contributed by atoms with van der Waals surface area (Å²) in [5, 5.41) is 8.93. The molecule has 1 amide bonds. The van der Waals surface area contributed by atoms with Gasteiger partial charge in [0.2, 0.25) is 0 Å². The molecule has 1 heterocycles. The summed E-state index contributed by atoms with van der Waals surface area (Å²) in [4.78, 5) is 27.0. The van der Waals surface area contributed by atoms with Crippen LogP contribution in [0.3, 0.4) is 0 Å². The molecule has 1 saturated heterocycles. The van der Waals surface area contributed by atoms with E-state index in [0.29, 0.717) is 18.7 Å². The van der Waals surface area contributed by atoms with Crippen LogP contribution >= 0.6 is 0 Å². The summed E-state index contributed by atoms with van der Waals surface area (Å²) in [5.74, 6) is -1.07. The molecular weight excluding hydrogens is 272 g/mol. The molecule has 0 bridgehead atoms. The van der Waals surface area contributed by atoms with Crippen LogP contribution in [0.4, 0.5) is 5.69 Å². The SMILES string of the molecule is CN(C)c1ccc(C(=O)N2CCOC[C@H]2CC(=O)O)cc1. The van der Waals surface area contributed by atoms with Gasteiger partial charge in [-0.05, 0) is 24.3 Å². The van der Waals surface area contributed by atoms with Crippen molar-refractivity contribution in [1.29, 1.82) is 0 Å². The number of hydrogen-bond donors (Lipinski definition) is 1. The number of carboxylic acid groups (broad SMARTS) is 1. The minimum absolute atomic E-state index is 0.0957. The van der Waals surface area contributed by atoms with Crippen LogP contribution in [-0.2, 0) is 9.53 Å². The Labute approximate surface area is 123 Å². The molecule has 1 atom stereocenters. The van der Waals surface area contributed by atoms with Crippen LogP contribution < -0.4 is 4.90 Å². The Balaban J connectivity index is 2.14. The second kappa shape index (κ2) is 6.58. The second-order valence-corrected chi connectivity index (χ2v) is 5.27. The zero-order valence-electron chi connectivity index (χ0n) is 12.3. The van der Waals surface area contributed by atoms with E-state index in [9.17, 15) is 9.59 Å². The number of nitrogens with zero attached hydrogens (tertiary/aromatic N) is 2. The van der Waals surface area contributed by atoms with Crippen LogP contribution in [0.25, 0.3) is 0 Å². The summed E-state index contributed by atoms with van der Waals surface area (Å²) >= 11 is 0. The average Bonchev–Trinajstić information content (AvgIpc) is 2.46. The van der Waals surface area contributed by atoms with E-state index in [1.165, 1.54) is 0 Å². The van der Waals surface area contributed by atoms with Crippen molar-refractivity contribution in [2.75, 3.05) is 38.8 Å². The fourth-order valence-corrected chi connectivity index (χ4v) is 2.36. The van der Waals surface area contributed by atoms with Gasteiger partial charge < -0.3 is 19.6 Å². The zero-order chi connectivity index (χ0) is 15.4. The molecule has 1 fully saturated rings. The van der Waals surface area contributed by atoms with Crippen molar-refractivity contribution in [1.82, 2.24) is 4.90 Å². The minimum atomic E-state index is -0.925. The Morgan fingerprint density at radius 2 is 2.00 bits per heavy atom. The lowest BCUT2D eigenvalue weighted by Gasteiger charge is -2.35. The molecule has 1 N–H and O–H groups in total. The Bertz CT molecular complexity index is 513. The fourth-order valence-electron chi connectivity index (χ4n) is 2.36. The number of amides is 1. The normalized spacial score (nSPS) is 18.4. The van der Waals surface area contributed by atoms with Crippen LogP contribution in [0.5, 0.6) is 0 Å². The van der Waals surface area contributed by atoms with Crippen molar-refractivity contribution in [3.63, 3.8) is 0 Å². The molecule has 0 aromatic heterocycles. The lowest BCUT2D eigenvalue weighted by Crippen LogP contribution is -2.49. The second-order valence-electron chi connectivity index (χ2n) is 5.27. The van der Waals surface area contributed by atoms with Gasteiger partial charge in [-0.15, -0.1) is 0 Å². The molecule has 0 aliphatic carbocycles. The highest BCUT2D eigenvalue weighted by molar-refractivity contribution is 5.95. The number of aliphatic carboxylic acids is 1. The predicted molar refractivity (Wildman–Crippen MR) is 78.7 cm³/mol. The third-order valence-electron chi connectivity index (χ3n) is 3.53. The molecule has 6 heteroatoms. The van der Waals surface area contributed by atoms with Crippen LogP contribution in [0.15, 0.2) is 24.3 Å². The van der Waals surface area contributed by atoms with E-state index in [2.05, 4.69) is 0 Å². The first kappa shape index (κ1) is 15.3. The number of hydrogen-bond acceptors (Lipinski definition) is 4. The molecule has 0 spiro atoms. The molecule has 1 aliphatic rings. The quantitative estimate of drug-likeness (QED) is 0.899. The van der Waals surface area contributed by atoms with Gasteiger partial charge >= 0.3 is 5.97 Å². The zero-order valence-corrected chi connectivity index (χ0v) is 12.3. The van der Waals surface area contributed by atoms with Gasteiger partial charge in [0.25, 0.3) is 5.91 Å². The lowest BCUT2D eigenvalue weighted by atomic mass is 10.1. The van der Waals surface area contributed by atoms with E-state index < -0.39 is 12.0 Å². The first-order valence-electron chi connectivity index (χ1n) is 6.87. The van der Waals surface area contributed by atoms with Gasteiger partial charge in [-0.1, -0.05) is 0 Å². The summed E-state index contributed by atoms with van der Waals surface area (Å²) in [6, 6.07) is 6.88.